The smallest absolute Gasteiger partial charge is 0.226 e. The van der Waals surface area contributed by atoms with Crippen LogP contribution in [-0.4, -0.2) is 29.7 Å². The van der Waals surface area contributed by atoms with Gasteiger partial charge in [-0.1, -0.05) is 28.8 Å². The molecule has 92 valence electrons. The molecule has 0 bridgehead atoms. The molecular formula is C13H22BrNO. The third-order valence-electron chi connectivity index (χ3n) is 4.20. The van der Waals surface area contributed by atoms with Gasteiger partial charge in [0.25, 0.3) is 0 Å². The molecule has 1 amide bonds. The molecule has 2 rings (SSSR count). The summed E-state index contributed by atoms with van der Waals surface area (Å²) in [4.78, 5) is 14.1. The molecule has 0 aromatic rings. The Hall–Kier alpha value is -0.0500. The van der Waals surface area contributed by atoms with Crippen molar-refractivity contribution in [3.63, 3.8) is 0 Å². The Kier molecular flexibility index (Phi) is 4.28. The predicted octanol–water partition coefficient (Wildman–Crippen LogP) is 3.06. The Balaban J connectivity index is 1.65. The van der Waals surface area contributed by atoms with Gasteiger partial charge in [-0.3, -0.25) is 4.79 Å². The van der Waals surface area contributed by atoms with Crippen LogP contribution in [0, 0.1) is 17.8 Å². The molecule has 0 N–H and O–H groups in total. The summed E-state index contributed by atoms with van der Waals surface area (Å²) in [7, 11) is 1.98. The molecule has 2 fully saturated rings. The Morgan fingerprint density at radius 2 is 1.94 bits per heavy atom. The molecule has 2 aliphatic carbocycles. The molecule has 0 radical (unpaired) electrons. The summed E-state index contributed by atoms with van der Waals surface area (Å²) >= 11 is 3.43. The van der Waals surface area contributed by atoms with Crippen molar-refractivity contribution in [2.24, 2.45) is 17.8 Å². The number of hydrogen-bond donors (Lipinski definition) is 0. The first-order valence-electron chi connectivity index (χ1n) is 6.56. The van der Waals surface area contributed by atoms with Crippen LogP contribution in [0.2, 0.25) is 0 Å². The zero-order chi connectivity index (χ0) is 11.5. The molecule has 2 atom stereocenters. The summed E-state index contributed by atoms with van der Waals surface area (Å²) in [5.74, 6) is 2.36. The van der Waals surface area contributed by atoms with E-state index in [1.165, 1.54) is 32.1 Å². The van der Waals surface area contributed by atoms with Crippen LogP contribution < -0.4 is 0 Å². The molecule has 3 heteroatoms. The van der Waals surface area contributed by atoms with Crippen molar-refractivity contribution in [2.45, 2.75) is 38.5 Å². The number of carbonyl (C=O) groups is 1. The summed E-state index contributed by atoms with van der Waals surface area (Å²) in [5, 5.41) is 1.08. The van der Waals surface area contributed by atoms with Gasteiger partial charge in [0, 0.05) is 24.8 Å². The highest BCUT2D eigenvalue weighted by Gasteiger charge is 2.57. The summed E-state index contributed by atoms with van der Waals surface area (Å²) in [6.45, 7) is 0.946. The maximum atomic E-state index is 12.1. The summed E-state index contributed by atoms with van der Waals surface area (Å²) in [6.07, 6.45) is 7.55. The van der Waals surface area contributed by atoms with Gasteiger partial charge in [-0.15, -0.1) is 0 Å². The van der Waals surface area contributed by atoms with Crippen LogP contribution in [0.1, 0.15) is 38.5 Å². The SMILES string of the molecule is CN(CCCCCBr)C(=O)C1C2CCCC21. The van der Waals surface area contributed by atoms with Crippen LogP contribution in [0.3, 0.4) is 0 Å². The maximum Gasteiger partial charge on any atom is 0.226 e. The van der Waals surface area contributed by atoms with Gasteiger partial charge >= 0.3 is 0 Å². The van der Waals surface area contributed by atoms with E-state index in [0.29, 0.717) is 11.8 Å². The second kappa shape index (κ2) is 5.52. The third kappa shape index (κ3) is 2.61. The average molecular weight is 288 g/mol. The highest BCUT2D eigenvalue weighted by atomic mass is 79.9. The fourth-order valence-electron chi connectivity index (χ4n) is 3.17. The second-order valence-corrected chi connectivity index (χ2v) is 6.09. The summed E-state index contributed by atoms with van der Waals surface area (Å²) < 4.78 is 0. The quantitative estimate of drug-likeness (QED) is 0.543. The monoisotopic (exact) mass is 287 g/mol. The number of halogens is 1. The Morgan fingerprint density at radius 1 is 1.25 bits per heavy atom. The van der Waals surface area contributed by atoms with E-state index < -0.39 is 0 Å². The average Bonchev–Trinajstić information content (AvgIpc) is 2.76. The van der Waals surface area contributed by atoms with E-state index in [4.69, 9.17) is 0 Å². The Morgan fingerprint density at radius 3 is 2.56 bits per heavy atom. The second-order valence-electron chi connectivity index (χ2n) is 5.29. The van der Waals surface area contributed by atoms with E-state index in [0.717, 1.165) is 30.1 Å². The number of alkyl halides is 1. The van der Waals surface area contributed by atoms with Crippen molar-refractivity contribution in [3.05, 3.63) is 0 Å². The molecule has 0 saturated heterocycles. The van der Waals surface area contributed by atoms with E-state index in [-0.39, 0.29) is 0 Å². The van der Waals surface area contributed by atoms with E-state index in [2.05, 4.69) is 15.9 Å². The predicted molar refractivity (Wildman–Crippen MR) is 69.6 cm³/mol. The molecule has 2 aliphatic rings. The first-order chi connectivity index (χ1) is 7.75. The van der Waals surface area contributed by atoms with Gasteiger partial charge in [0.2, 0.25) is 5.91 Å². The summed E-state index contributed by atoms with van der Waals surface area (Å²) in [5.41, 5.74) is 0. The molecule has 2 unspecified atom stereocenters. The topological polar surface area (TPSA) is 20.3 Å². The van der Waals surface area contributed by atoms with Crippen molar-refractivity contribution in [1.29, 1.82) is 0 Å². The lowest BCUT2D eigenvalue weighted by Gasteiger charge is -2.18. The Bertz CT molecular complexity index is 246. The molecule has 16 heavy (non-hydrogen) atoms. The minimum atomic E-state index is 0.412. The highest BCUT2D eigenvalue weighted by Crippen LogP contribution is 2.57. The highest BCUT2D eigenvalue weighted by molar-refractivity contribution is 9.09. The van der Waals surface area contributed by atoms with E-state index in [1.54, 1.807) is 0 Å². The van der Waals surface area contributed by atoms with Crippen molar-refractivity contribution >= 4 is 21.8 Å². The number of carbonyl (C=O) groups excluding carboxylic acids is 1. The van der Waals surface area contributed by atoms with Crippen molar-refractivity contribution < 1.29 is 4.79 Å². The van der Waals surface area contributed by atoms with Gasteiger partial charge in [0.15, 0.2) is 0 Å². The number of unbranched alkanes of at least 4 members (excludes halogenated alkanes) is 2. The lowest BCUT2D eigenvalue weighted by molar-refractivity contribution is -0.132. The molecule has 2 saturated carbocycles. The first kappa shape index (κ1) is 12.4. The first-order valence-corrected chi connectivity index (χ1v) is 7.69. The molecule has 0 heterocycles. The molecule has 0 aromatic carbocycles. The summed E-state index contributed by atoms with van der Waals surface area (Å²) in [6, 6.07) is 0. The fraction of sp³-hybridized carbons (Fsp3) is 0.923. The van der Waals surface area contributed by atoms with Crippen LogP contribution in [0.15, 0.2) is 0 Å². The standard InChI is InChI=1S/C13H22BrNO/c1-15(9-4-2-3-8-14)13(16)12-10-6-5-7-11(10)12/h10-12H,2-9H2,1H3. The lowest BCUT2D eigenvalue weighted by atomic mass is 10.1. The van der Waals surface area contributed by atoms with Gasteiger partial charge in [0.1, 0.15) is 0 Å². The van der Waals surface area contributed by atoms with Crippen molar-refractivity contribution in [2.75, 3.05) is 18.9 Å². The van der Waals surface area contributed by atoms with Crippen LogP contribution in [0.25, 0.3) is 0 Å². The largest absolute Gasteiger partial charge is 0.346 e. The van der Waals surface area contributed by atoms with Gasteiger partial charge in [-0.05, 0) is 37.5 Å². The number of rotatable bonds is 6. The van der Waals surface area contributed by atoms with Crippen molar-refractivity contribution in [3.8, 4) is 0 Å². The maximum absolute atomic E-state index is 12.1. The van der Waals surface area contributed by atoms with Gasteiger partial charge in [-0.25, -0.2) is 0 Å². The number of amides is 1. The van der Waals surface area contributed by atoms with E-state index >= 15 is 0 Å². The van der Waals surface area contributed by atoms with Crippen LogP contribution in [-0.2, 0) is 4.79 Å². The zero-order valence-corrected chi connectivity index (χ0v) is 11.7. The number of hydrogen-bond acceptors (Lipinski definition) is 1. The fourth-order valence-corrected chi connectivity index (χ4v) is 3.57. The minimum absolute atomic E-state index is 0.412. The molecular weight excluding hydrogens is 266 g/mol. The number of nitrogens with zero attached hydrogens (tertiary/aromatic N) is 1. The zero-order valence-electron chi connectivity index (χ0n) is 10.1. The van der Waals surface area contributed by atoms with Crippen LogP contribution >= 0.6 is 15.9 Å². The van der Waals surface area contributed by atoms with E-state index in [9.17, 15) is 4.79 Å². The Labute approximate surface area is 107 Å². The third-order valence-corrected chi connectivity index (χ3v) is 4.76. The van der Waals surface area contributed by atoms with Crippen LogP contribution in [0.4, 0.5) is 0 Å². The van der Waals surface area contributed by atoms with Gasteiger partial charge in [-0.2, -0.15) is 0 Å². The van der Waals surface area contributed by atoms with Gasteiger partial charge in [0.05, 0.1) is 0 Å². The normalized spacial score (nSPS) is 31.2. The van der Waals surface area contributed by atoms with Crippen molar-refractivity contribution in [1.82, 2.24) is 4.90 Å². The van der Waals surface area contributed by atoms with E-state index in [1.807, 2.05) is 11.9 Å². The molecule has 0 aromatic heterocycles. The molecule has 0 aliphatic heterocycles. The minimum Gasteiger partial charge on any atom is -0.346 e. The molecule has 0 spiro atoms. The molecule has 2 nitrogen and oxygen atoms in total. The van der Waals surface area contributed by atoms with Crippen LogP contribution in [0.5, 0.6) is 0 Å². The number of fused-ring (bicyclic) bond motifs is 1. The van der Waals surface area contributed by atoms with Gasteiger partial charge < -0.3 is 4.90 Å². The lowest BCUT2D eigenvalue weighted by Crippen LogP contribution is -2.30.